The highest BCUT2D eigenvalue weighted by Gasteiger charge is 2.13. The standard InChI is InChI=1S/C13H11Cl2N3S/c1-8-16-6-9(19-8)7-18-12(5-14)17-11-4-2-3-10(15)13(11)18/h2-4,6H,5,7H2,1H3. The second kappa shape index (κ2) is 5.12. The van der Waals surface area contributed by atoms with Crippen molar-refractivity contribution in [3.05, 3.63) is 45.1 Å². The number of halogens is 2. The van der Waals surface area contributed by atoms with Crippen LogP contribution in [0, 0.1) is 6.92 Å². The predicted octanol–water partition coefficient (Wildman–Crippen LogP) is 4.24. The van der Waals surface area contributed by atoms with Crippen LogP contribution in [0.4, 0.5) is 0 Å². The summed E-state index contributed by atoms with van der Waals surface area (Å²) in [4.78, 5) is 9.97. The molecule has 0 aliphatic carbocycles. The van der Waals surface area contributed by atoms with Crippen LogP contribution in [-0.2, 0) is 12.4 Å². The Bertz CT molecular complexity index is 733. The molecule has 2 heterocycles. The molecule has 0 aliphatic rings. The van der Waals surface area contributed by atoms with Crippen molar-refractivity contribution < 1.29 is 0 Å². The Kier molecular flexibility index (Phi) is 3.48. The quantitative estimate of drug-likeness (QED) is 0.677. The topological polar surface area (TPSA) is 30.7 Å². The zero-order chi connectivity index (χ0) is 13.4. The minimum Gasteiger partial charge on any atom is -0.320 e. The highest BCUT2D eigenvalue weighted by Crippen LogP contribution is 2.27. The lowest BCUT2D eigenvalue weighted by atomic mass is 10.3. The molecular weight excluding hydrogens is 301 g/mol. The van der Waals surface area contributed by atoms with Gasteiger partial charge in [-0.1, -0.05) is 17.7 Å². The maximum absolute atomic E-state index is 6.29. The van der Waals surface area contributed by atoms with Gasteiger partial charge in [0, 0.05) is 11.1 Å². The molecule has 0 unspecified atom stereocenters. The van der Waals surface area contributed by atoms with Crippen molar-refractivity contribution >= 4 is 45.6 Å². The van der Waals surface area contributed by atoms with Crippen LogP contribution in [0.2, 0.25) is 5.02 Å². The van der Waals surface area contributed by atoms with E-state index >= 15 is 0 Å². The third kappa shape index (κ3) is 2.36. The van der Waals surface area contributed by atoms with Crippen LogP contribution in [0.25, 0.3) is 11.0 Å². The van der Waals surface area contributed by atoms with Crippen molar-refractivity contribution in [2.45, 2.75) is 19.3 Å². The van der Waals surface area contributed by atoms with Crippen LogP contribution in [0.1, 0.15) is 15.7 Å². The Morgan fingerprint density at radius 2 is 2.21 bits per heavy atom. The third-order valence-electron chi connectivity index (χ3n) is 2.90. The number of rotatable bonds is 3. The van der Waals surface area contributed by atoms with E-state index in [1.807, 2.05) is 31.3 Å². The smallest absolute Gasteiger partial charge is 0.125 e. The van der Waals surface area contributed by atoms with Crippen molar-refractivity contribution in [1.29, 1.82) is 0 Å². The van der Waals surface area contributed by atoms with Crippen LogP contribution in [-0.4, -0.2) is 14.5 Å². The number of nitrogens with zero attached hydrogens (tertiary/aromatic N) is 3. The number of hydrogen-bond donors (Lipinski definition) is 0. The number of imidazole rings is 1. The molecule has 0 bridgehead atoms. The van der Waals surface area contributed by atoms with Crippen LogP contribution < -0.4 is 0 Å². The van der Waals surface area contributed by atoms with E-state index in [0.29, 0.717) is 17.4 Å². The zero-order valence-electron chi connectivity index (χ0n) is 10.2. The van der Waals surface area contributed by atoms with Gasteiger partial charge < -0.3 is 4.57 Å². The summed E-state index contributed by atoms with van der Waals surface area (Å²) in [5.41, 5.74) is 1.82. The van der Waals surface area contributed by atoms with Gasteiger partial charge in [0.25, 0.3) is 0 Å². The van der Waals surface area contributed by atoms with Crippen molar-refractivity contribution in [3.63, 3.8) is 0 Å². The van der Waals surface area contributed by atoms with Gasteiger partial charge in [-0.2, -0.15) is 0 Å². The molecule has 3 rings (SSSR count). The van der Waals surface area contributed by atoms with E-state index in [1.54, 1.807) is 11.3 Å². The number of benzene rings is 1. The van der Waals surface area contributed by atoms with Crippen molar-refractivity contribution in [2.75, 3.05) is 0 Å². The maximum Gasteiger partial charge on any atom is 0.125 e. The molecular formula is C13H11Cl2N3S. The summed E-state index contributed by atoms with van der Waals surface area (Å²) >= 11 is 14.0. The van der Waals surface area contributed by atoms with Crippen LogP contribution >= 0.6 is 34.5 Å². The molecule has 0 spiro atoms. The van der Waals surface area contributed by atoms with Gasteiger partial charge >= 0.3 is 0 Å². The molecule has 1 aromatic carbocycles. The Balaban J connectivity index is 2.15. The molecule has 19 heavy (non-hydrogen) atoms. The molecule has 3 aromatic rings. The van der Waals surface area contributed by atoms with E-state index in [4.69, 9.17) is 23.2 Å². The molecule has 0 radical (unpaired) electrons. The Hall–Kier alpha value is -1.10. The Morgan fingerprint density at radius 3 is 2.89 bits per heavy atom. The van der Waals surface area contributed by atoms with Gasteiger partial charge in [-0.05, 0) is 19.1 Å². The molecule has 0 fully saturated rings. The van der Waals surface area contributed by atoms with Gasteiger partial charge in [-0.3, -0.25) is 0 Å². The summed E-state index contributed by atoms with van der Waals surface area (Å²) in [5, 5.41) is 1.75. The highest BCUT2D eigenvalue weighted by atomic mass is 35.5. The normalized spacial score (nSPS) is 11.3. The van der Waals surface area contributed by atoms with E-state index in [0.717, 1.165) is 21.9 Å². The number of aryl methyl sites for hydroxylation is 1. The summed E-state index contributed by atoms with van der Waals surface area (Å²) in [5.74, 6) is 1.19. The Labute approximate surface area is 124 Å². The second-order valence-corrected chi connectivity index (χ2v) is 6.19. The van der Waals surface area contributed by atoms with Crippen LogP contribution in [0.15, 0.2) is 24.4 Å². The lowest BCUT2D eigenvalue weighted by Gasteiger charge is -2.06. The average Bonchev–Trinajstić information content (AvgIpc) is 2.95. The van der Waals surface area contributed by atoms with E-state index in [1.165, 1.54) is 4.88 Å². The molecule has 0 saturated heterocycles. The van der Waals surface area contributed by atoms with Gasteiger partial charge in [0.05, 0.1) is 33.5 Å². The van der Waals surface area contributed by atoms with Crippen LogP contribution in [0.3, 0.4) is 0 Å². The zero-order valence-corrected chi connectivity index (χ0v) is 12.6. The van der Waals surface area contributed by atoms with E-state index in [-0.39, 0.29) is 0 Å². The fraction of sp³-hybridized carbons (Fsp3) is 0.231. The first-order valence-electron chi connectivity index (χ1n) is 5.80. The summed E-state index contributed by atoms with van der Waals surface area (Å²) in [7, 11) is 0. The summed E-state index contributed by atoms with van der Waals surface area (Å²) in [6.07, 6.45) is 1.89. The first-order valence-corrected chi connectivity index (χ1v) is 7.53. The first kappa shape index (κ1) is 12.9. The lowest BCUT2D eigenvalue weighted by Crippen LogP contribution is -2.02. The summed E-state index contributed by atoms with van der Waals surface area (Å²) < 4.78 is 2.07. The molecule has 0 N–H and O–H groups in total. The van der Waals surface area contributed by atoms with Crippen molar-refractivity contribution in [3.8, 4) is 0 Å². The third-order valence-corrected chi connectivity index (χ3v) is 4.34. The van der Waals surface area contributed by atoms with E-state index in [9.17, 15) is 0 Å². The minimum absolute atomic E-state index is 0.364. The average molecular weight is 312 g/mol. The van der Waals surface area contributed by atoms with Crippen molar-refractivity contribution in [1.82, 2.24) is 14.5 Å². The molecule has 2 aromatic heterocycles. The molecule has 0 amide bonds. The first-order chi connectivity index (χ1) is 9.19. The number of aromatic nitrogens is 3. The fourth-order valence-electron chi connectivity index (χ4n) is 2.10. The molecule has 6 heteroatoms. The van der Waals surface area contributed by atoms with Gasteiger partial charge in [0.15, 0.2) is 0 Å². The van der Waals surface area contributed by atoms with E-state index < -0.39 is 0 Å². The predicted molar refractivity (Wildman–Crippen MR) is 80.3 cm³/mol. The lowest BCUT2D eigenvalue weighted by molar-refractivity contribution is 0.787. The number of alkyl halides is 1. The van der Waals surface area contributed by atoms with E-state index in [2.05, 4.69) is 14.5 Å². The van der Waals surface area contributed by atoms with Crippen molar-refractivity contribution in [2.24, 2.45) is 0 Å². The highest BCUT2D eigenvalue weighted by molar-refractivity contribution is 7.11. The molecule has 0 aliphatic heterocycles. The largest absolute Gasteiger partial charge is 0.320 e. The SMILES string of the molecule is Cc1ncc(Cn2c(CCl)nc3cccc(Cl)c32)s1. The molecule has 98 valence electrons. The maximum atomic E-state index is 6.29. The monoisotopic (exact) mass is 311 g/mol. The van der Waals surface area contributed by atoms with Gasteiger partial charge in [0.2, 0.25) is 0 Å². The number of fused-ring (bicyclic) bond motifs is 1. The second-order valence-electron chi connectivity index (χ2n) is 4.20. The minimum atomic E-state index is 0.364. The van der Waals surface area contributed by atoms with Gasteiger partial charge in [0.1, 0.15) is 5.82 Å². The number of thiazole rings is 1. The van der Waals surface area contributed by atoms with Gasteiger partial charge in [-0.25, -0.2) is 9.97 Å². The van der Waals surface area contributed by atoms with Crippen LogP contribution in [0.5, 0.6) is 0 Å². The molecule has 0 saturated carbocycles. The number of hydrogen-bond acceptors (Lipinski definition) is 3. The summed E-state index contributed by atoms with van der Waals surface area (Å²) in [6.45, 7) is 2.70. The molecule has 3 nitrogen and oxygen atoms in total. The number of para-hydroxylation sites is 1. The Morgan fingerprint density at radius 1 is 1.37 bits per heavy atom. The fourth-order valence-corrected chi connectivity index (χ4v) is 3.36. The van der Waals surface area contributed by atoms with Gasteiger partial charge in [-0.15, -0.1) is 22.9 Å². The summed E-state index contributed by atoms with van der Waals surface area (Å²) in [6, 6.07) is 5.72. The molecule has 0 atom stereocenters.